The van der Waals surface area contributed by atoms with Gasteiger partial charge >= 0.3 is 0 Å². The molecule has 2 aromatic carbocycles. The number of nitrogens with zero attached hydrogens (tertiary/aromatic N) is 4. The first-order chi connectivity index (χ1) is 14.3. The molecule has 0 amide bonds. The van der Waals surface area contributed by atoms with Crippen LogP contribution in [0.2, 0.25) is 0 Å². The summed E-state index contributed by atoms with van der Waals surface area (Å²) in [5.74, 6) is 2.51. The van der Waals surface area contributed by atoms with E-state index in [1.54, 1.807) is 7.11 Å². The largest absolute Gasteiger partial charge is 0.497 e. The fourth-order valence-electron chi connectivity index (χ4n) is 3.48. The molecule has 0 bridgehead atoms. The Hall–Kier alpha value is -3.12. The summed E-state index contributed by atoms with van der Waals surface area (Å²) < 4.78 is 5.21. The van der Waals surface area contributed by atoms with E-state index in [0.717, 1.165) is 50.2 Å². The van der Waals surface area contributed by atoms with Crippen molar-refractivity contribution in [3.05, 3.63) is 78.0 Å². The third-order valence-electron chi connectivity index (χ3n) is 5.18. The van der Waals surface area contributed by atoms with E-state index in [1.165, 1.54) is 11.1 Å². The quantitative estimate of drug-likeness (QED) is 0.668. The minimum absolute atomic E-state index is 0.714. The molecule has 0 atom stereocenters. The van der Waals surface area contributed by atoms with E-state index in [-0.39, 0.29) is 0 Å². The Kier molecular flexibility index (Phi) is 6.22. The first-order valence-electron chi connectivity index (χ1n) is 10.0. The zero-order valence-electron chi connectivity index (χ0n) is 16.8. The van der Waals surface area contributed by atoms with E-state index >= 15 is 0 Å². The highest BCUT2D eigenvalue weighted by Gasteiger charge is 2.19. The molecule has 6 heteroatoms. The van der Waals surface area contributed by atoms with Gasteiger partial charge in [-0.3, -0.25) is 4.90 Å². The molecule has 0 saturated carbocycles. The zero-order valence-corrected chi connectivity index (χ0v) is 16.8. The molecule has 150 valence electrons. The summed E-state index contributed by atoms with van der Waals surface area (Å²) in [6.07, 6.45) is 1.83. The molecule has 0 spiro atoms. The predicted octanol–water partition coefficient (Wildman–Crippen LogP) is 3.42. The van der Waals surface area contributed by atoms with Crippen LogP contribution in [0, 0.1) is 0 Å². The Morgan fingerprint density at radius 2 is 1.66 bits per heavy atom. The van der Waals surface area contributed by atoms with Gasteiger partial charge in [0.25, 0.3) is 0 Å². The molecule has 0 unspecified atom stereocenters. The average molecular weight is 390 g/mol. The maximum Gasteiger partial charge on any atom is 0.227 e. The molecule has 1 fully saturated rings. The molecule has 6 nitrogen and oxygen atoms in total. The van der Waals surface area contributed by atoms with E-state index in [9.17, 15) is 0 Å². The Morgan fingerprint density at radius 3 is 2.38 bits per heavy atom. The topological polar surface area (TPSA) is 53.5 Å². The Morgan fingerprint density at radius 1 is 0.897 bits per heavy atom. The minimum Gasteiger partial charge on any atom is -0.497 e. The van der Waals surface area contributed by atoms with Crippen molar-refractivity contribution in [2.24, 2.45) is 0 Å². The number of benzene rings is 2. The van der Waals surface area contributed by atoms with Crippen molar-refractivity contribution in [1.29, 1.82) is 0 Å². The van der Waals surface area contributed by atoms with Gasteiger partial charge < -0.3 is 15.0 Å². The van der Waals surface area contributed by atoms with Crippen molar-refractivity contribution in [3.63, 3.8) is 0 Å². The molecular weight excluding hydrogens is 362 g/mol. The molecule has 4 rings (SSSR count). The molecule has 1 aromatic heterocycles. The standard InChI is InChI=1S/C23H27N5O/c1-29-21-9-7-19(8-10-21)17-25-22-11-12-24-23(26-22)28-15-13-27(14-16-28)18-20-5-3-2-4-6-20/h2-12H,13-18H2,1H3,(H,24,25,26). The van der Waals surface area contributed by atoms with E-state index in [2.05, 4.69) is 62.6 Å². The van der Waals surface area contributed by atoms with Crippen LogP contribution >= 0.6 is 0 Å². The van der Waals surface area contributed by atoms with Gasteiger partial charge in [-0.1, -0.05) is 42.5 Å². The average Bonchev–Trinajstić information content (AvgIpc) is 2.79. The summed E-state index contributed by atoms with van der Waals surface area (Å²) in [5.41, 5.74) is 2.54. The van der Waals surface area contributed by atoms with Crippen molar-refractivity contribution in [2.45, 2.75) is 13.1 Å². The van der Waals surface area contributed by atoms with Crippen molar-refractivity contribution in [3.8, 4) is 5.75 Å². The number of hydrogen-bond donors (Lipinski definition) is 1. The number of nitrogens with one attached hydrogen (secondary N) is 1. The smallest absolute Gasteiger partial charge is 0.227 e. The van der Waals surface area contributed by atoms with E-state index < -0.39 is 0 Å². The van der Waals surface area contributed by atoms with Crippen LogP contribution in [0.5, 0.6) is 5.75 Å². The number of hydrogen-bond acceptors (Lipinski definition) is 6. The van der Waals surface area contributed by atoms with Crippen LogP contribution in [0.4, 0.5) is 11.8 Å². The van der Waals surface area contributed by atoms with Crippen LogP contribution in [-0.4, -0.2) is 48.2 Å². The highest BCUT2D eigenvalue weighted by atomic mass is 16.5. The molecule has 1 aliphatic heterocycles. The summed E-state index contributed by atoms with van der Waals surface area (Å²) in [5, 5.41) is 3.39. The van der Waals surface area contributed by atoms with Crippen molar-refractivity contribution >= 4 is 11.8 Å². The lowest BCUT2D eigenvalue weighted by molar-refractivity contribution is 0.248. The fourth-order valence-corrected chi connectivity index (χ4v) is 3.48. The molecule has 3 aromatic rings. The zero-order chi connectivity index (χ0) is 19.9. The number of methoxy groups -OCH3 is 1. The van der Waals surface area contributed by atoms with Crippen LogP contribution in [-0.2, 0) is 13.1 Å². The Bertz CT molecular complexity index is 893. The summed E-state index contributed by atoms with van der Waals surface area (Å²) in [4.78, 5) is 14.0. The first kappa shape index (κ1) is 19.2. The molecule has 29 heavy (non-hydrogen) atoms. The Labute approximate surface area is 172 Å². The highest BCUT2D eigenvalue weighted by Crippen LogP contribution is 2.16. The SMILES string of the molecule is COc1ccc(CNc2ccnc(N3CCN(Cc4ccccc4)CC3)n2)cc1. The minimum atomic E-state index is 0.714. The molecule has 2 heterocycles. The molecular formula is C23H27N5O. The maximum atomic E-state index is 5.21. The lowest BCUT2D eigenvalue weighted by Gasteiger charge is -2.34. The van der Waals surface area contributed by atoms with E-state index in [0.29, 0.717) is 6.54 Å². The van der Waals surface area contributed by atoms with Crippen LogP contribution in [0.25, 0.3) is 0 Å². The third-order valence-corrected chi connectivity index (χ3v) is 5.18. The molecule has 1 saturated heterocycles. The number of ether oxygens (including phenoxy) is 1. The monoisotopic (exact) mass is 389 g/mol. The third kappa shape index (κ3) is 5.23. The van der Waals surface area contributed by atoms with Crippen LogP contribution in [0.15, 0.2) is 66.9 Å². The van der Waals surface area contributed by atoms with E-state index in [4.69, 9.17) is 9.72 Å². The summed E-state index contributed by atoms with van der Waals surface area (Å²) in [6, 6.07) is 20.6. The van der Waals surface area contributed by atoms with Crippen molar-refractivity contribution < 1.29 is 4.74 Å². The number of rotatable bonds is 7. The van der Waals surface area contributed by atoms with Crippen LogP contribution in [0.3, 0.4) is 0 Å². The number of aromatic nitrogens is 2. The lowest BCUT2D eigenvalue weighted by atomic mass is 10.2. The van der Waals surface area contributed by atoms with Crippen LogP contribution in [0.1, 0.15) is 11.1 Å². The van der Waals surface area contributed by atoms with Gasteiger partial charge in [-0.05, 0) is 29.3 Å². The fraction of sp³-hybridized carbons (Fsp3) is 0.304. The molecule has 1 aliphatic rings. The second-order valence-electron chi connectivity index (χ2n) is 7.19. The maximum absolute atomic E-state index is 5.21. The van der Waals surface area contributed by atoms with Gasteiger partial charge in [0.1, 0.15) is 11.6 Å². The van der Waals surface area contributed by atoms with E-state index in [1.807, 2.05) is 24.4 Å². The van der Waals surface area contributed by atoms with Crippen LogP contribution < -0.4 is 15.0 Å². The number of anilines is 2. The Balaban J connectivity index is 1.30. The van der Waals surface area contributed by atoms with Gasteiger partial charge in [0.2, 0.25) is 5.95 Å². The molecule has 0 aliphatic carbocycles. The van der Waals surface area contributed by atoms with Crippen molar-refractivity contribution in [2.75, 3.05) is 43.5 Å². The lowest BCUT2D eigenvalue weighted by Crippen LogP contribution is -2.46. The summed E-state index contributed by atoms with van der Waals surface area (Å²) in [7, 11) is 1.68. The normalized spacial score (nSPS) is 14.6. The van der Waals surface area contributed by atoms with Gasteiger partial charge in [0.15, 0.2) is 0 Å². The van der Waals surface area contributed by atoms with Gasteiger partial charge in [0, 0.05) is 45.5 Å². The second-order valence-corrected chi connectivity index (χ2v) is 7.19. The van der Waals surface area contributed by atoms with Crippen molar-refractivity contribution in [1.82, 2.24) is 14.9 Å². The summed E-state index contributed by atoms with van der Waals surface area (Å²) >= 11 is 0. The van der Waals surface area contributed by atoms with Gasteiger partial charge in [-0.15, -0.1) is 0 Å². The highest BCUT2D eigenvalue weighted by molar-refractivity contribution is 5.42. The second kappa shape index (κ2) is 9.39. The summed E-state index contributed by atoms with van der Waals surface area (Å²) in [6.45, 7) is 5.62. The van der Waals surface area contributed by atoms with Gasteiger partial charge in [0.05, 0.1) is 7.11 Å². The number of piperazine rings is 1. The first-order valence-corrected chi connectivity index (χ1v) is 10.0. The molecule has 1 N–H and O–H groups in total. The predicted molar refractivity (Wildman–Crippen MR) is 116 cm³/mol. The molecule has 0 radical (unpaired) electrons. The van der Waals surface area contributed by atoms with Gasteiger partial charge in [-0.25, -0.2) is 4.98 Å². The van der Waals surface area contributed by atoms with Gasteiger partial charge in [-0.2, -0.15) is 4.98 Å².